The average molecular weight is 262 g/mol. The zero-order chi connectivity index (χ0) is 13.0. The van der Waals surface area contributed by atoms with Crippen LogP contribution in [0.3, 0.4) is 0 Å². The van der Waals surface area contributed by atoms with Crippen molar-refractivity contribution in [1.82, 2.24) is 5.32 Å². The van der Waals surface area contributed by atoms with Crippen LogP contribution in [0.4, 0.5) is 0 Å². The summed E-state index contributed by atoms with van der Waals surface area (Å²) in [6.45, 7) is 0. The molecule has 96 valence electrons. The lowest BCUT2D eigenvalue weighted by atomic mass is 10.1. The van der Waals surface area contributed by atoms with E-state index in [1.807, 2.05) is 0 Å². The number of rotatable bonds is 5. The van der Waals surface area contributed by atoms with E-state index in [0.29, 0.717) is 12.8 Å². The van der Waals surface area contributed by atoms with Gasteiger partial charge in [-0.1, -0.05) is 0 Å². The topological polar surface area (TPSA) is 127 Å². The van der Waals surface area contributed by atoms with Crippen LogP contribution in [0.1, 0.15) is 19.3 Å². The molecule has 0 aromatic rings. The number of carbonyl (C=O) groups excluding carboxylic acids is 3. The molecule has 7 nitrogen and oxygen atoms in total. The zero-order valence-electron chi connectivity index (χ0n) is 9.00. The summed E-state index contributed by atoms with van der Waals surface area (Å²) in [6.07, 6.45) is 1.48. The van der Waals surface area contributed by atoms with Crippen LogP contribution in [-0.2, 0) is 25.5 Å². The van der Waals surface area contributed by atoms with Gasteiger partial charge < -0.3 is 20.4 Å². The molecular formula is C9H14N2O5S. The van der Waals surface area contributed by atoms with Gasteiger partial charge in [0.15, 0.2) is 23.4 Å². The van der Waals surface area contributed by atoms with Gasteiger partial charge in [-0.25, -0.2) is 4.21 Å². The molecule has 0 aromatic carbocycles. The van der Waals surface area contributed by atoms with Gasteiger partial charge in [-0.3, -0.25) is 9.59 Å². The van der Waals surface area contributed by atoms with Crippen molar-refractivity contribution in [2.45, 2.75) is 30.6 Å². The summed E-state index contributed by atoms with van der Waals surface area (Å²) < 4.78 is 19.7. The van der Waals surface area contributed by atoms with Crippen molar-refractivity contribution in [3.05, 3.63) is 0 Å². The van der Waals surface area contributed by atoms with E-state index in [9.17, 15) is 18.6 Å². The lowest BCUT2D eigenvalue weighted by Crippen LogP contribution is -2.47. The monoisotopic (exact) mass is 262 g/mol. The number of hydrogen-bond donors (Lipinski definition) is 3. The van der Waals surface area contributed by atoms with Gasteiger partial charge >= 0.3 is 0 Å². The molecule has 1 fully saturated rings. The molecule has 0 heterocycles. The molecule has 17 heavy (non-hydrogen) atoms. The number of nitrogens with one attached hydrogen (secondary N) is 1. The van der Waals surface area contributed by atoms with Crippen LogP contribution in [0, 0.1) is 5.92 Å². The molecule has 0 aromatic heterocycles. The van der Waals surface area contributed by atoms with E-state index >= 15 is 0 Å². The van der Waals surface area contributed by atoms with Gasteiger partial charge in [-0.05, 0) is 19.3 Å². The predicted octanol–water partition coefficient (Wildman–Crippen LogP) is -1.45. The molecule has 4 N–H and O–H groups in total. The minimum absolute atomic E-state index is 0.261. The van der Waals surface area contributed by atoms with Gasteiger partial charge in [0, 0.05) is 5.92 Å². The van der Waals surface area contributed by atoms with E-state index in [1.54, 1.807) is 0 Å². The third-order valence-corrected chi connectivity index (χ3v) is 3.78. The highest BCUT2D eigenvalue weighted by Gasteiger charge is 2.34. The summed E-state index contributed by atoms with van der Waals surface area (Å²) in [5, 5.41) is 1.78. The van der Waals surface area contributed by atoms with Crippen molar-refractivity contribution in [2.24, 2.45) is 11.7 Å². The van der Waals surface area contributed by atoms with Crippen molar-refractivity contribution in [3.63, 3.8) is 0 Å². The van der Waals surface area contributed by atoms with Crippen LogP contribution >= 0.6 is 0 Å². The second-order valence-electron chi connectivity index (χ2n) is 3.93. The third kappa shape index (κ3) is 3.60. The molecule has 0 spiro atoms. The SMILES string of the molecule is NC(=O)C(C=O)NC(=O)C1CCC(S(=O)O)C1. The molecule has 8 heteroatoms. The second-order valence-corrected chi connectivity index (χ2v) is 5.15. The normalized spacial score (nSPS) is 27.1. The predicted molar refractivity (Wildman–Crippen MR) is 59.1 cm³/mol. The number of hydrogen-bond acceptors (Lipinski definition) is 4. The number of amides is 2. The largest absolute Gasteiger partial charge is 0.367 e. The first-order valence-electron chi connectivity index (χ1n) is 5.10. The Morgan fingerprint density at radius 1 is 1.47 bits per heavy atom. The van der Waals surface area contributed by atoms with Crippen molar-refractivity contribution in [2.75, 3.05) is 0 Å². The molecule has 2 amide bonds. The minimum atomic E-state index is -1.94. The maximum absolute atomic E-state index is 11.6. The number of primary amides is 1. The van der Waals surface area contributed by atoms with E-state index in [1.165, 1.54) is 0 Å². The maximum Gasteiger partial charge on any atom is 0.247 e. The standard InChI is InChI=1S/C9H14N2O5S/c10-8(13)7(4-12)11-9(14)5-1-2-6(3-5)17(15)16/h4-7H,1-3H2,(H2,10,13)(H,11,14)(H,15,16). The van der Waals surface area contributed by atoms with Crippen LogP contribution in [0.5, 0.6) is 0 Å². The van der Waals surface area contributed by atoms with Gasteiger partial charge in [0.2, 0.25) is 11.8 Å². The number of carbonyl (C=O) groups is 3. The summed E-state index contributed by atoms with van der Waals surface area (Å²) in [6, 6.07) is -1.33. The molecular weight excluding hydrogens is 248 g/mol. The quantitative estimate of drug-likeness (QED) is 0.317. The third-order valence-electron chi connectivity index (χ3n) is 2.78. The highest BCUT2D eigenvalue weighted by molar-refractivity contribution is 7.79. The highest BCUT2D eigenvalue weighted by atomic mass is 32.2. The Labute approximate surface area is 100 Å². The van der Waals surface area contributed by atoms with Gasteiger partial charge in [0.1, 0.15) is 0 Å². The molecule has 1 aliphatic rings. The Morgan fingerprint density at radius 3 is 2.53 bits per heavy atom. The zero-order valence-corrected chi connectivity index (χ0v) is 9.81. The maximum atomic E-state index is 11.6. The molecule has 4 unspecified atom stereocenters. The lowest BCUT2D eigenvalue weighted by Gasteiger charge is -2.13. The Morgan fingerprint density at radius 2 is 2.12 bits per heavy atom. The van der Waals surface area contributed by atoms with E-state index < -0.39 is 40.1 Å². The second kappa shape index (κ2) is 5.87. The van der Waals surface area contributed by atoms with Crippen LogP contribution < -0.4 is 11.1 Å². The first-order chi connectivity index (χ1) is 7.95. The molecule has 1 rings (SSSR count). The summed E-state index contributed by atoms with van der Waals surface area (Å²) >= 11 is -1.94. The fraction of sp³-hybridized carbons (Fsp3) is 0.667. The minimum Gasteiger partial charge on any atom is -0.367 e. The van der Waals surface area contributed by atoms with Gasteiger partial charge in [-0.15, -0.1) is 0 Å². The van der Waals surface area contributed by atoms with Gasteiger partial charge in [0.25, 0.3) is 0 Å². The van der Waals surface area contributed by atoms with Crippen molar-refractivity contribution >= 4 is 29.2 Å². The Bertz CT molecular complexity index is 359. The van der Waals surface area contributed by atoms with Crippen LogP contribution in [-0.4, -0.2) is 38.2 Å². The Kier molecular flexibility index (Phi) is 4.76. The van der Waals surface area contributed by atoms with E-state index in [2.05, 4.69) is 5.32 Å². The Hall–Kier alpha value is -1.28. The summed E-state index contributed by atoms with van der Waals surface area (Å²) in [5.41, 5.74) is 4.90. The van der Waals surface area contributed by atoms with Crippen molar-refractivity contribution < 1.29 is 23.1 Å². The molecule has 1 saturated carbocycles. The molecule has 0 radical (unpaired) electrons. The molecule has 0 saturated heterocycles. The average Bonchev–Trinajstić information content (AvgIpc) is 2.74. The molecule has 0 bridgehead atoms. The Balaban J connectivity index is 2.52. The fourth-order valence-electron chi connectivity index (χ4n) is 1.80. The summed E-state index contributed by atoms with van der Waals surface area (Å²) in [4.78, 5) is 32.8. The van der Waals surface area contributed by atoms with E-state index in [0.717, 1.165) is 0 Å². The lowest BCUT2D eigenvalue weighted by molar-refractivity contribution is -0.132. The molecule has 4 atom stereocenters. The van der Waals surface area contributed by atoms with Crippen molar-refractivity contribution in [3.8, 4) is 0 Å². The summed E-state index contributed by atoms with van der Waals surface area (Å²) in [5.74, 6) is -1.85. The first-order valence-corrected chi connectivity index (χ1v) is 6.27. The highest BCUT2D eigenvalue weighted by Crippen LogP contribution is 2.28. The number of aldehydes is 1. The summed E-state index contributed by atoms with van der Waals surface area (Å²) in [7, 11) is 0. The first kappa shape index (κ1) is 13.8. The molecule has 0 aliphatic heterocycles. The smallest absolute Gasteiger partial charge is 0.247 e. The number of nitrogens with two attached hydrogens (primary N) is 1. The van der Waals surface area contributed by atoms with Crippen molar-refractivity contribution in [1.29, 1.82) is 0 Å². The van der Waals surface area contributed by atoms with E-state index in [4.69, 9.17) is 10.3 Å². The van der Waals surface area contributed by atoms with Crippen LogP contribution in [0.25, 0.3) is 0 Å². The van der Waals surface area contributed by atoms with Crippen LogP contribution in [0.2, 0.25) is 0 Å². The van der Waals surface area contributed by atoms with E-state index in [-0.39, 0.29) is 12.7 Å². The van der Waals surface area contributed by atoms with Gasteiger partial charge in [-0.2, -0.15) is 0 Å². The van der Waals surface area contributed by atoms with Crippen LogP contribution in [0.15, 0.2) is 0 Å². The fourth-order valence-corrected chi connectivity index (χ4v) is 2.54. The molecule has 1 aliphatic carbocycles. The van der Waals surface area contributed by atoms with Gasteiger partial charge in [0.05, 0.1) is 5.25 Å².